The van der Waals surface area contributed by atoms with Crippen molar-refractivity contribution in [1.29, 1.82) is 0 Å². The van der Waals surface area contributed by atoms with Crippen molar-refractivity contribution < 1.29 is 13.9 Å². The Bertz CT molecular complexity index is 803. The van der Waals surface area contributed by atoms with Crippen molar-refractivity contribution in [3.63, 3.8) is 0 Å². The molecular formula is C14H7ClF2N2O. The zero-order chi connectivity index (χ0) is 14.3. The first-order valence-corrected chi connectivity index (χ1v) is 6.03. The molecule has 6 heteroatoms. The monoisotopic (exact) mass is 292 g/mol. The lowest BCUT2D eigenvalue weighted by Gasteiger charge is -2.05. The molecule has 100 valence electrons. The van der Waals surface area contributed by atoms with E-state index in [2.05, 4.69) is 9.97 Å². The first kappa shape index (κ1) is 12.7. The number of aromatic nitrogens is 2. The largest absolute Gasteiger partial charge is 0.508 e. The molecule has 2 aromatic carbocycles. The molecule has 1 aromatic heterocycles. The highest BCUT2D eigenvalue weighted by molar-refractivity contribution is 6.34. The highest BCUT2D eigenvalue weighted by Crippen LogP contribution is 2.28. The fraction of sp³-hybridized carbons (Fsp3) is 0. The zero-order valence-corrected chi connectivity index (χ0v) is 10.7. The molecule has 0 saturated heterocycles. The fourth-order valence-corrected chi connectivity index (χ4v) is 2.12. The summed E-state index contributed by atoms with van der Waals surface area (Å²) < 4.78 is 26.4. The smallest absolute Gasteiger partial charge is 0.161 e. The van der Waals surface area contributed by atoms with E-state index in [1.807, 2.05) is 0 Å². The predicted octanol–water partition coefficient (Wildman–Crippen LogP) is 3.93. The number of aromatic hydroxyl groups is 1. The van der Waals surface area contributed by atoms with Crippen LogP contribution in [0, 0.1) is 11.6 Å². The zero-order valence-electron chi connectivity index (χ0n) is 9.94. The summed E-state index contributed by atoms with van der Waals surface area (Å²) in [6.07, 6.45) is 0. The molecule has 1 N–H and O–H groups in total. The maximum atomic E-state index is 13.2. The molecule has 0 fully saturated rings. The van der Waals surface area contributed by atoms with Crippen molar-refractivity contribution in [2.75, 3.05) is 0 Å². The number of fused-ring (bicyclic) bond motifs is 1. The van der Waals surface area contributed by atoms with Crippen LogP contribution in [0.4, 0.5) is 8.78 Å². The van der Waals surface area contributed by atoms with Crippen LogP contribution in [0.1, 0.15) is 0 Å². The standard InChI is InChI=1S/C14H7ClF2N2O/c15-13-11-6-10(20)1-2-12(11)18-14(19-13)7-3-8(16)5-9(17)4-7/h1-6,20H. The third kappa shape index (κ3) is 2.28. The minimum atomic E-state index is -0.717. The molecule has 0 aliphatic rings. The van der Waals surface area contributed by atoms with Crippen LogP contribution in [0.15, 0.2) is 36.4 Å². The van der Waals surface area contributed by atoms with Gasteiger partial charge in [0.1, 0.15) is 22.5 Å². The number of rotatable bonds is 1. The Labute approximate surface area is 117 Å². The summed E-state index contributed by atoms with van der Waals surface area (Å²) in [5.41, 5.74) is 0.668. The summed E-state index contributed by atoms with van der Waals surface area (Å²) in [7, 11) is 0. The quantitative estimate of drug-likeness (QED) is 0.691. The van der Waals surface area contributed by atoms with Gasteiger partial charge in [-0.3, -0.25) is 0 Å². The molecular weight excluding hydrogens is 286 g/mol. The second kappa shape index (κ2) is 4.68. The van der Waals surface area contributed by atoms with Crippen molar-refractivity contribution >= 4 is 22.5 Å². The lowest BCUT2D eigenvalue weighted by atomic mass is 10.2. The third-order valence-corrected chi connectivity index (χ3v) is 3.04. The minimum Gasteiger partial charge on any atom is -0.508 e. The van der Waals surface area contributed by atoms with Gasteiger partial charge in [0.25, 0.3) is 0 Å². The first-order chi connectivity index (χ1) is 9.52. The highest BCUT2D eigenvalue weighted by Gasteiger charge is 2.10. The van der Waals surface area contributed by atoms with Gasteiger partial charge in [0.05, 0.1) is 5.52 Å². The van der Waals surface area contributed by atoms with E-state index in [1.165, 1.54) is 12.1 Å². The van der Waals surface area contributed by atoms with Gasteiger partial charge < -0.3 is 5.11 Å². The van der Waals surface area contributed by atoms with Crippen LogP contribution in [-0.2, 0) is 0 Å². The number of benzene rings is 2. The van der Waals surface area contributed by atoms with Crippen molar-refractivity contribution in [2.45, 2.75) is 0 Å². The highest BCUT2D eigenvalue weighted by atomic mass is 35.5. The van der Waals surface area contributed by atoms with Crippen molar-refractivity contribution in [3.8, 4) is 17.1 Å². The van der Waals surface area contributed by atoms with E-state index < -0.39 is 11.6 Å². The summed E-state index contributed by atoms with van der Waals surface area (Å²) >= 11 is 6.01. The summed E-state index contributed by atoms with van der Waals surface area (Å²) in [6.45, 7) is 0. The summed E-state index contributed by atoms with van der Waals surface area (Å²) in [6, 6.07) is 7.44. The lowest BCUT2D eigenvalue weighted by Crippen LogP contribution is -1.93. The van der Waals surface area contributed by atoms with Crippen LogP contribution in [0.3, 0.4) is 0 Å². The Morgan fingerprint density at radius 3 is 2.35 bits per heavy atom. The van der Waals surface area contributed by atoms with Gasteiger partial charge in [-0.2, -0.15) is 0 Å². The Balaban J connectivity index is 2.24. The molecule has 20 heavy (non-hydrogen) atoms. The predicted molar refractivity (Wildman–Crippen MR) is 71.6 cm³/mol. The SMILES string of the molecule is Oc1ccc2nc(-c3cc(F)cc(F)c3)nc(Cl)c2c1. The van der Waals surface area contributed by atoms with Crippen LogP contribution in [0.5, 0.6) is 5.75 Å². The van der Waals surface area contributed by atoms with Gasteiger partial charge in [0.2, 0.25) is 0 Å². The number of phenolic OH excluding ortho intramolecular Hbond substituents is 1. The average Bonchev–Trinajstić information content (AvgIpc) is 2.38. The number of hydrogen-bond acceptors (Lipinski definition) is 3. The van der Waals surface area contributed by atoms with E-state index in [1.54, 1.807) is 6.07 Å². The van der Waals surface area contributed by atoms with Crippen LogP contribution in [0.2, 0.25) is 5.15 Å². The molecule has 0 aliphatic carbocycles. The van der Waals surface area contributed by atoms with Gasteiger partial charge >= 0.3 is 0 Å². The van der Waals surface area contributed by atoms with Crippen LogP contribution in [0.25, 0.3) is 22.3 Å². The van der Waals surface area contributed by atoms with Crippen LogP contribution < -0.4 is 0 Å². The molecule has 0 unspecified atom stereocenters. The van der Waals surface area contributed by atoms with E-state index in [9.17, 15) is 13.9 Å². The first-order valence-electron chi connectivity index (χ1n) is 5.66. The van der Waals surface area contributed by atoms with Gasteiger partial charge in [-0.15, -0.1) is 0 Å². The Kier molecular flexibility index (Phi) is 2.99. The normalized spacial score (nSPS) is 10.9. The third-order valence-electron chi connectivity index (χ3n) is 2.75. The van der Waals surface area contributed by atoms with E-state index in [-0.39, 0.29) is 22.3 Å². The summed E-state index contributed by atoms with van der Waals surface area (Å²) in [4.78, 5) is 8.19. The van der Waals surface area contributed by atoms with Gasteiger partial charge in [-0.05, 0) is 30.3 Å². The van der Waals surface area contributed by atoms with Crippen molar-refractivity contribution in [3.05, 3.63) is 53.2 Å². The number of halogens is 3. The van der Waals surface area contributed by atoms with E-state index >= 15 is 0 Å². The van der Waals surface area contributed by atoms with E-state index in [4.69, 9.17) is 11.6 Å². The molecule has 0 atom stereocenters. The maximum absolute atomic E-state index is 13.2. The molecule has 1 heterocycles. The van der Waals surface area contributed by atoms with E-state index in [0.29, 0.717) is 10.9 Å². The second-order valence-corrected chi connectivity index (χ2v) is 4.56. The Morgan fingerprint density at radius 2 is 1.65 bits per heavy atom. The molecule has 0 radical (unpaired) electrons. The van der Waals surface area contributed by atoms with Crippen LogP contribution in [-0.4, -0.2) is 15.1 Å². The van der Waals surface area contributed by atoms with Crippen molar-refractivity contribution in [1.82, 2.24) is 9.97 Å². The van der Waals surface area contributed by atoms with Crippen LogP contribution >= 0.6 is 11.6 Å². The summed E-state index contributed by atoms with van der Waals surface area (Å²) in [5, 5.41) is 9.97. The lowest BCUT2D eigenvalue weighted by molar-refractivity contribution is 0.476. The Hall–Kier alpha value is -2.27. The molecule has 3 aromatic rings. The number of phenols is 1. The fourth-order valence-electron chi connectivity index (χ4n) is 1.89. The van der Waals surface area contributed by atoms with Gasteiger partial charge in [0.15, 0.2) is 5.82 Å². The topological polar surface area (TPSA) is 46.0 Å². The molecule has 0 aliphatic heterocycles. The maximum Gasteiger partial charge on any atom is 0.161 e. The molecule has 0 spiro atoms. The number of nitrogens with zero attached hydrogens (tertiary/aromatic N) is 2. The van der Waals surface area contributed by atoms with Gasteiger partial charge in [0, 0.05) is 17.0 Å². The van der Waals surface area contributed by atoms with Gasteiger partial charge in [-0.25, -0.2) is 18.7 Å². The molecule has 3 nitrogen and oxygen atoms in total. The van der Waals surface area contributed by atoms with Gasteiger partial charge in [-0.1, -0.05) is 11.6 Å². The molecule has 3 rings (SSSR count). The van der Waals surface area contributed by atoms with Crippen molar-refractivity contribution in [2.24, 2.45) is 0 Å². The second-order valence-electron chi connectivity index (χ2n) is 4.20. The average molecular weight is 293 g/mol. The number of hydrogen-bond donors (Lipinski definition) is 1. The summed E-state index contributed by atoms with van der Waals surface area (Å²) in [5.74, 6) is -1.28. The van der Waals surface area contributed by atoms with E-state index in [0.717, 1.165) is 18.2 Å². The molecule has 0 bridgehead atoms. The molecule has 0 saturated carbocycles. The Morgan fingerprint density at radius 1 is 0.950 bits per heavy atom. The molecule has 0 amide bonds. The minimum absolute atomic E-state index is 0.0348.